The standard InChI is InChI=1S/C14H21BrN4.HI/c1-16-14(18(2)3)17-12-8-9-19(10-12)13-6-4-11(15)5-7-13;/h4-7,12H,8-10H2,1-3H3,(H,16,17);1H. The third-order valence-electron chi connectivity index (χ3n) is 3.35. The van der Waals surface area contributed by atoms with E-state index in [0.29, 0.717) is 6.04 Å². The average molecular weight is 453 g/mol. The Hall–Kier alpha value is -0.500. The largest absolute Gasteiger partial charge is 0.369 e. The van der Waals surface area contributed by atoms with E-state index in [2.05, 4.69) is 55.4 Å². The van der Waals surface area contributed by atoms with Crippen LogP contribution in [0, 0.1) is 0 Å². The van der Waals surface area contributed by atoms with Crippen LogP contribution in [0.15, 0.2) is 33.7 Å². The molecule has 112 valence electrons. The molecule has 1 aliphatic heterocycles. The van der Waals surface area contributed by atoms with E-state index >= 15 is 0 Å². The van der Waals surface area contributed by atoms with Crippen LogP contribution in [0.2, 0.25) is 0 Å². The van der Waals surface area contributed by atoms with Crippen molar-refractivity contribution in [1.82, 2.24) is 10.2 Å². The number of rotatable bonds is 2. The van der Waals surface area contributed by atoms with Gasteiger partial charge >= 0.3 is 0 Å². The summed E-state index contributed by atoms with van der Waals surface area (Å²) in [5.41, 5.74) is 1.28. The number of halogens is 2. The lowest BCUT2D eigenvalue weighted by Gasteiger charge is -2.22. The van der Waals surface area contributed by atoms with Gasteiger partial charge in [-0.15, -0.1) is 24.0 Å². The number of nitrogens with one attached hydrogen (secondary N) is 1. The molecule has 1 saturated heterocycles. The van der Waals surface area contributed by atoms with Crippen molar-refractivity contribution < 1.29 is 0 Å². The Morgan fingerprint density at radius 2 is 2.00 bits per heavy atom. The Labute approximate surface area is 146 Å². The fourth-order valence-corrected chi connectivity index (χ4v) is 2.61. The molecule has 4 nitrogen and oxygen atoms in total. The minimum Gasteiger partial charge on any atom is -0.369 e. The molecule has 0 radical (unpaired) electrons. The summed E-state index contributed by atoms with van der Waals surface area (Å²) >= 11 is 3.47. The monoisotopic (exact) mass is 452 g/mol. The van der Waals surface area contributed by atoms with Crippen molar-refractivity contribution in [2.75, 3.05) is 39.1 Å². The van der Waals surface area contributed by atoms with E-state index in [0.717, 1.165) is 29.9 Å². The molecular weight excluding hydrogens is 431 g/mol. The van der Waals surface area contributed by atoms with Gasteiger partial charge in [0.25, 0.3) is 0 Å². The highest BCUT2D eigenvalue weighted by Crippen LogP contribution is 2.22. The van der Waals surface area contributed by atoms with E-state index in [1.165, 1.54) is 5.69 Å². The summed E-state index contributed by atoms with van der Waals surface area (Å²) in [4.78, 5) is 8.69. The van der Waals surface area contributed by atoms with Crippen molar-refractivity contribution in [1.29, 1.82) is 0 Å². The summed E-state index contributed by atoms with van der Waals surface area (Å²) in [6.45, 7) is 2.11. The summed E-state index contributed by atoms with van der Waals surface area (Å²) < 4.78 is 1.12. The molecule has 1 atom stereocenters. The van der Waals surface area contributed by atoms with Crippen molar-refractivity contribution in [2.45, 2.75) is 12.5 Å². The lowest BCUT2D eigenvalue weighted by molar-refractivity contribution is 0.548. The highest BCUT2D eigenvalue weighted by molar-refractivity contribution is 14.0. The van der Waals surface area contributed by atoms with Gasteiger partial charge in [-0.2, -0.15) is 0 Å². The minimum absolute atomic E-state index is 0. The fourth-order valence-electron chi connectivity index (χ4n) is 2.34. The molecule has 1 unspecified atom stereocenters. The zero-order valence-electron chi connectivity index (χ0n) is 12.1. The van der Waals surface area contributed by atoms with Crippen molar-refractivity contribution in [2.24, 2.45) is 4.99 Å². The van der Waals surface area contributed by atoms with Crippen molar-refractivity contribution >= 4 is 51.6 Å². The van der Waals surface area contributed by atoms with Gasteiger partial charge in [0.1, 0.15) is 0 Å². The van der Waals surface area contributed by atoms with E-state index in [4.69, 9.17) is 0 Å². The summed E-state index contributed by atoms with van der Waals surface area (Å²) in [7, 11) is 5.84. The van der Waals surface area contributed by atoms with E-state index < -0.39 is 0 Å². The van der Waals surface area contributed by atoms with Gasteiger partial charge in [-0.3, -0.25) is 4.99 Å². The number of benzene rings is 1. The second-order valence-corrected chi connectivity index (χ2v) is 5.91. The predicted octanol–water partition coefficient (Wildman–Crippen LogP) is 2.78. The summed E-state index contributed by atoms with van der Waals surface area (Å²) in [6, 6.07) is 8.97. The Morgan fingerprint density at radius 1 is 1.35 bits per heavy atom. The van der Waals surface area contributed by atoms with Gasteiger partial charge < -0.3 is 15.1 Å². The van der Waals surface area contributed by atoms with Gasteiger partial charge in [-0.1, -0.05) is 15.9 Å². The molecule has 0 aliphatic carbocycles. The second kappa shape index (κ2) is 8.07. The number of hydrogen-bond acceptors (Lipinski definition) is 2. The molecule has 1 aliphatic rings. The Kier molecular flexibility index (Phi) is 7.08. The van der Waals surface area contributed by atoms with Crippen molar-refractivity contribution in [3.8, 4) is 0 Å². The highest BCUT2D eigenvalue weighted by atomic mass is 127. The summed E-state index contributed by atoms with van der Waals surface area (Å²) in [5.74, 6) is 0.947. The summed E-state index contributed by atoms with van der Waals surface area (Å²) in [5, 5.41) is 3.50. The number of aliphatic imine (C=N–C) groups is 1. The molecule has 1 aromatic carbocycles. The number of hydrogen-bond donors (Lipinski definition) is 1. The first-order chi connectivity index (χ1) is 9.10. The van der Waals surface area contributed by atoms with Crippen LogP contribution in [0.5, 0.6) is 0 Å². The van der Waals surface area contributed by atoms with Crippen LogP contribution in [0.3, 0.4) is 0 Å². The Bertz CT molecular complexity index is 447. The summed E-state index contributed by atoms with van der Waals surface area (Å²) in [6.07, 6.45) is 1.14. The maximum atomic E-state index is 4.27. The molecular formula is C14H22BrIN4. The van der Waals surface area contributed by atoms with Gasteiger partial charge in [-0.05, 0) is 30.7 Å². The first-order valence-corrected chi connectivity index (χ1v) is 7.30. The number of nitrogens with zero attached hydrogens (tertiary/aromatic N) is 3. The smallest absolute Gasteiger partial charge is 0.193 e. The van der Waals surface area contributed by atoms with Crippen molar-refractivity contribution in [3.05, 3.63) is 28.7 Å². The molecule has 0 aromatic heterocycles. The maximum absolute atomic E-state index is 4.27. The SMILES string of the molecule is CN=C(NC1CCN(c2ccc(Br)cc2)C1)N(C)C.I. The number of anilines is 1. The van der Waals surface area contributed by atoms with Gasteiger partial charge in [0, 0.05) is 50.4 Å². The molecule has 1 fully saturated rings. The molecule has 0 amide bonds. The van der Waals surface area contributed by atoms with Crippen molar-refractivity contribution in [3.63, 3.8) is 0 Å². The van der Waals surface area contributed by atoms with Crippen LogP contribution in [0.4, 0.5) is 5.69 Å². The normalized spacial score (nSPS) is 18.7. The molecule has 0 saturated carbocycles. The topological polar surface area (TPSA) is 30.9 Å². The van der Waals surface area contributed by atoms with Gasteiger partial charge in [0.15, 0.2) is 5.96 Å². The van der Waals surface area contributed by atoms with Crippen LogP contribution in [-0.2, 0) is 0 Å². The molecule has 2 rings (SSSR count). The minimum atomic E-state index is 0. The Balaban J connectivity index is 0.00000200. The quantitative estimate of drug-likeness (QED) is 0.425. The van der Waals surface area contributed by atoms with Gasteiger partial charge in [-0.25, -0.2) is 0 Å². The van der Waals surface area contributed by atoms with Crippen LogP contribution in [-0.4, -0.2) is 51.1 Å². The van der Waals surface area contributed by atoms with Crippen LogP contribution < -0.4 is 10.2 Å². The highest BCUT2D eigenvalue weighted by Gasteiger charge is 2.23. The third-order valence-corrected chi connectivity index (χ3v) is 3.88. The lowest BCUT2D eigenvalue weighted by Crippen LogP contribution is -2.43. The van der Waals surface area contributed by atoms with E-state index in [1.807, 2.05) is 26.0 Å². The second-order valence-electron chi connectivity index (χ2n) is 4.99. The zero-order valence-corrected chi connectivity index (χ0v) is 16.1. The fraction of sp³-hybridized carbons (Fsp3) is 0.500. The Morgan fingerprint density at radius 3 is 2.55 bits per heavy atom. The average Bonchev–Trinajstić information content (AvgIpc) is 2.85. The maximum Gasteiger partial charge on any atom is 0.193 e. The zero-order chi connectivity index (χ0) is 13.8. The molecule has 6 heteroatoms. The first kappa shape index (κ1) is 17.6. The molecule has 20 heavy (non-hydrogen) atoms. The predicted molar refractivity (Wildman–Crippen MR) is 100 cm³/mol. The van der Waals surface area contributed by atoms with E-state index in [1.54, 1.807) is 0 Å². The first-order valence-electron chi connectivity index (χ1n) is 6.51. The van der Waals surface area contributed by atoms with E-state index in [-0.39, 0.29) is 24.0 Å². The van der Waals surface area contributed by atoms with E-state index in [9.17, 15) is 0 Å². The van der Waals surface area contributed by atoms with Gasteiger partial charge in [0.05, 0.1) is 0 Å². The van der Waals surface area contributed by atoms with Gasteiger partial charge in [0.2, 0.25) is 0 Å². The molecule has 0 spiro atoms. The molecule has 1 aromatic rings. The van der Waals surface area contributed by atoms with Crippen LogP contribution in [0.1, 0.15) is 6.42 Å². The van der Waals surface area contributed by atoms with Crippen LogP contribution >= 0.6 is 39.9 Å². The molecule has 1 heterocycles. The molecule has 0 bridgehead atoms. The van der Waals surface area contributed by atoms with Crippen LogP contribution in [0.25, 0.3) is 0 Å². The molecule has 1 N–H and O–H groups in total. The lowest BCUT2D eigenvalue weighted by atomic mass is 10.3. The number of guanidine groups is 1. The third kappa shape index (κ3) is 4.51.